The summed E-state index contributed by atoms with van der Waals surface area (Å²) < 4.78 is 12.7. The van der Waals surface area contributed by atoms with E-state index in [-0.39, 0.29) is 0 Å². The van der Waals surface area contributed by atoms with Crippen molar-refractivity contribution in [2.75, 3.05) is 14.2 Å². The van der Waals surface area contributed by atoms with Crippen molar-refractivity contribution in [1.82, 2.24) is 9.55 Å². The lowest BCUT2D eigenvalue weighted by Crippen LogP contribution is -2.09. The van der Waals surface area contributed by atoms with Gasteiger partial charge in [0, 0.05) is 25.0 Å². The molecule has 1 N–H and O–H groups in total. The molecule has 0 saturated carbocycles. The number of nitrogens with zero attached hydrogens (tertiary/aromatic N) is 2. The van der Waals surface area contributed by atoms with Gasteiger partial charge in [-0.3, -0.25) is 0 Å². The maximum atomic E-state index is 12.1. The number of rotatable bonds is 11. The number of aliphatic carboxylic acids is 1. The van der Waals surface area contributed by atoms with Crippen molar-refractivity contribution in [3.8, 4) is 11.5 Å². The summed E-state index contributed by atoms with van der Waals surface area (Å²) in [6, 6.07) is 13.6. The first-order valence-electron chi connectivity index (χ1n) is 11.2. The zero-order valence-electron chi connectivity index (χ0n) is 19.8. The number of aromatic nitrogens is 2. The van der Waals surface area contributed by atoms with Crippen LogP contribution in [-0.2, 0) is 24.2 Å². The smallest absolute Gasteiger partial charge is 0.331 e. The van der Waals surface area contributed by atoms with Gasteiger partial charge >= 0.3 is 5.97 Å². The van der Waals surface area contributed by atoms with Crippen LogP contribution in [0, 0.1) is 6.92 Å². The summed E-state index contributed by atoms with van der Waals surface area (Å²) in [5, 5.41) is 9.88. The molecule has 0 aliphatic rings. The molecule has 0 bridgehead atoms. The Balaban J connectivity index is 1.95. The molecule has 6 heteroatoms. The second-order valence-corrected chi connectivity index (χ2v) is 8.09. The summed E-state index contributed by atoms with van der Waals surface area (Å²) in [6.07, 6.45) is 6.78. The summed E-state index contributed by atoms with van der Waals surface area (Å²) in [4.78, 5) is 16.7. The molecule has 3 aromatic rings. The number of hydrogen-bond acceptors (Lipinski definition) is 4. The van der Waals surface area contributed by atoms with E-state index in [1.54, 1.807) is 26.5 Å². The van der Waals surface area contributed by atoms with Gasteiger partial charge in [0.15, 0.2) is 0 Å². The number of unbranched alkanes of at least 4 members (excludes halogenated alkanes) is 1. The van der Waals surface area contributed by atoms with E-state index in [4.69, 9.17) is 9.47 Å². The summed E-state index contributed by atoms with van der Waals surface area (Å²) in [6.45, 7) is 4.79. The fourth-order valence-corrected chi connectivity index (χ4v) is 3.81. The molecule has 0 unspecified atom stereocenters. The first-order chi connectivity index (χ1) is 15.9. The van der Waals surface area contributed by atoms with Crippen LogP contribution in [0.15, 0.2) is 54.2 Å². The maximum absolute atomic E-state index is 12.1. The molecule has 0 spiro atoms. The van der Waals surface area contributed by atoms with E-state index in [0.29, 0.717) is 18.5 Å². The number of carbonyl (C=O) groups is 1. The lowest BCUT2D eigenvalue weighted by Gasteiger charge is -2.13. The van der Waals surface area contributed by atoms with Gasteiger partial charge in [-0.2, -0.15) is 0 Å². The minimum Gasteiger partial charge on any atom is -0.497 e. The SMILES string of the molecule is CCCCc1ncc(/C=C(\Cc2ccc(OC)cc2)C(=O)O)n1Cc1ccc(OC)c(C)c1. The van der Waals surface area contributed by atoms with Crippen LogP contribution in [0.2, 0.25) is 0 Å². The lowest BCUT2D eigenvalue weighted by atomic mass is 10.0. The van der Waals surface area contributed by atoms with Crippen LogP contribution in [0.4, 0.5) is 0 Å². The molecule has 0 aliphatic heterocycles. The van der Waals surface area contributed by atoms with Crippen molar-refractivity contribution in [2.45, 2.75) is 46.1 Å². The van der Waals surface area contributed by atoms with Crippen LogP contribution in [0.1, 0.15) is 48.0 Å². The van der Waals surface area contributed by atoms with Crippen molar-refractivity contribution in [2.24, 2.45) is 0 Å². The molecule has 0 fully saturated rings. The molecule has 0 radical (unpaired) electrons. The predicted octanol–water partition coefficient (Wildman–Crippen LogP) is 5.31. The average Bonchev–Trinajstić information content (AvgIpc) is 3.18. The number of hydrogen-bond donors (Lipinski definition) is 1. The fourth-order valence-electron chi connectivity index (χ4n) is 3.81. The summed E-state index contributed by atoms with van der Waals surface area (Å²) in [5.74, 6) is 1.62. The highest BCUT2D eigenvalue weighted by Gasteiger charge is 2.14. The average molecular weight is 449 g/mol. The van der Waals surface area contributed by atoms with Gasteiger partial charge < -0.3 is 19.1 Å². The number of carboxylic acid groups (broad SMARTS) is 1. The lowest BCUT2D eigenvalue weighted by molar-refractivity contribution is -0.132. The molecule has 174 valence electrons. The maximum Gasteiger partial charge on any atom is 0.331 e. The van der Waals surface area contributed by atoms with Gasteiger partial charge in [0.2, 0.25) is 0 Å². The van der Waals surface area contributed by atoms with Crippen molar-refractivity contribution >= 4 is 12.0 Å². The standard InChI is InChI=1S/C27H32N2O4/c1-5-6-7-26-28-17-23(29(26)18-21-10-13-25(33-4)19(2)14-21)16-22(27(30)31)15-20-8-11-24(32-3)12-9-20/h8-14,16-17H,5-7,15,18H2,1-4H3,(H,30,31)/b22-16+. The van der Waals surface area contributed by atoms with Gasteiger partial charge in [0.05, 0.1) is 26.1 Å². The monoisotopic (exact) mass is 448 g/mol. The Labute approximate surface area is 195 Å². The molecule has 0 amide bonds. The number of benzene rings is 2. The number of methoxy groups -OCH3 is 2. The fraction of sp³-hybridized carbons (Fsp3) is 0.333. The van der Waals surface area contributed by atoms with Gasteiger partial charge in [0.1, 0.15) is 17.3 Å². The van der Waals surface area contributed by atoms with Gasteiger partial charge in [0.25, 0.3) is 0 Å². The molecular formula is C27H32N2O4. The zero-order valence-corrected chi connectivity index (χ0v) is 19.8. The number of carboxylic acids is 1. The van der Waals surface area contributed by atoms with Gasteiger partial charge in [-0.25, -0.2) is 9.78 Å². The third-order valence-electron chi connectivity index (χ3n) is 5.67. The van der Waals surface area contributed by atoms with Crippen LogP contribution in [0.3, 0.4) is 0 Å². The largest absolute Gasteiger partial charge is 0.497 e. The molecule has 33 heavy (non-hydrogen) atoms. The molecule has 2 aromatic carbocycles. The molecule has 3 rings (SSSR count). The highest BCUT2D eigenvalue weighted by Crippen LogP contribution is 2.22. The van der Waals surface area contributed by atoms with Crippen LogP contribution >= 0.6 is 0 Å². The number of imidazole rings is 1. The molecule has 1 heterocycles. The summed E-state index contributed by atoms with van der Waals surface area (Å²) in [7, 11) is 3.28. The predicted molar refractivity (Wildman–Crippen MR) is 130 cm³/mol. The topological polar surface area (TPSA) is 73.6 Å². The van der Waals surface area contributed by atoms with E-state index in [1.165, 1.54) is 0 Å². The second-order valence-electron chi connectivity index (χ2n) is 8.09. The Morgan fingerprint density at radius 2 is 1.82 bits per heavy atom. The first kappa shape index (κ1) is 24.1. The van der Waals surface area contributed by atoms with E-state index < -0.39 is 5.97 Å². The minimum atomic E-state index is -0.936. The van der Waals surface area contributed by atoms with E-state index in [1.807, 2.05) is 43.3 Å². The number of ether oxygens (including phenoxy) is 2. The molecular weight excluding hydrogens is 416 g/mol. The Morgan fingerprint density at radius 1 is 1.09 bits per heavy atom. The highest BCUT2D eigenvalue weighted by molar-refractivity contribution is 5.92. The van der Waals surface area contributed by atoms with Gasteiger partial charge in [-0.15, -0.1) is 0 Å². The normalized spacial score (nSPS) is 11.5. The van der Waals surface area contributed by atoms with Crippen LogP contribution < -0.4 is 9.47 Å². The Hall–Kier alpha value is -3.54. The number of aryl methyl sites for hydroxylation is 2. The third-order valence-corrected chi connectivity index (χ3v) is 5.67. The molecule has 0 saturated heterocycles. The van der Waals surface area contributed by atoms with Crippen LogP contribution in [0.25, 0.3) is 6.08 Å². The first-order valence-corrected chi connectivity index (χ1v) is 11.2. The quantitative estimate of drug-likeness (QED) is 0.403. The van der Waals surface area contributed by atoms with Gasteiger partial charge in [-0.05, 0) is 54.3 Å². The van der Waals surface area contributed by atoms with Crippen molar-refractivity contribution in [3.05, 3.63) is 82.4 Å². The van der Waals surface area contributed by atoms with Crippen molar-refractivity contribution in [3.63, 3.8) is 0 Å². The second kappa shape index (κ2) is 11.4. The van der Waals surface area contributed by atoms with Gasteiger partial charge in [-0.1, -0.05) is 37.6 Å². The highest BCUT2D eigenvalue weighted by atomic mass is 16.5. The Kier molecular flexibility index (Phi) is 8.30. The van der Waals surface area contributed by atoms with E-state index >= 15 is 0 Å². The molecule has 0 aliphatic carbocycles. The van der Waals surface area contributed by atoms with Crippen molar-refractivity contribution < 1.29 is 19.4 Å². The third kappa shape index (κ3) is 6.25. The van der Waals surface area contributed by atoms with Crippen LogP contribution in [0.5, 0.6) is 11.5 Å². The van der Waals surface area contributed by atoms with Crippen molar-refractivity contribution in [1.29, 1.82) is 0 Å². The summed E-state index contributed by atoms with van der Waals surface area (Å²) in [5.41, 5.74) is 4.20. The van der Waals surface area contributed by atoms with E-state index in [0.717, 1.165) is 59.0 Å². The zero-order chi connectivity index (χ0) is 23.8. The Morgan fingerprint density at radius 3 is 2.42 bits per heavy atom. The molecule has 0 atom stereocenters. The molecule has 6 nitrogen and oxygen atoms in total. The molecule has 1 aromatic heterocycles. The van der Waals surface area contributed by atoms with E-state index in [9.17, 15) is 9.90 Å². The Bertz CT molecular complexity index is 1110. The summed E-state index contributed by atoms with van der Waals surface area (Å²) >= 11 is 0. The van der Waals surface area contributed by atoms with E-state index in [2.05, 4.69) is 22.5 Å². The minimum absolute atomic E-state index is 0.314. The van der Waals surface area contributed by atoms with Crippen LogP contribution in [-0.4, -0.2) is 34.8 Å².